The molecule has 0 atom stereocenters. The number of rotatable bonds is 3. The molecule has 0 radical (unpaired) electrons. The molecular formula is C8H12BNO2. The minimum Gasteiger partial charge on any atom is -0.539 e. The van der Waals surface area contributed by atoms with Crippen LogP contribution in [0.15, 0.2) is 24.3 Å². The van der Waals surface area contributed by atoms with Crippen LogP contribution in [0.1, 0.15) is 0 Å². The van der Waals surface area contributed by atoms with Crippen LogP contribution in [0.2, 0.25) is 0 Å². The molecule has 1 aromatic rings. The van der Waals surface area contributed by atoms with E-state index >= 15 is 0 Å². The highest BCUT2D eigenvalue weighted by atomic mass is 16.5. The van der Waals surface area contributed by atoms with Crippen molar-refractivity contribution in [1.82, 2.24) is 0 Å². The second-order valence-electron chi connectivity index (χ2n) is 2.66. The molecule has 1 N–H and O–H groups in total. The molecule has 0 unspecified atom stereocenters. The maximum absolute atomic E-state index is 8.47. The number of anilines is 1. The average Bonchev–Trinajstić information content (AvgIpc) is 2.06. The van der Waals surface area contributed by atoms with E-state index in [-0.39, 0.29) is 7.69 Å². The lowest BCUT2D eigenvalue weighted by Crippen LogP contribution is -2.08. The maximum atomic E-state index is 8.47. The highest BCUT2D eigenvalue weighted by molar-refractivity contribution is 6.17. The molecule has 0 aliphatic rings. The molecule has 4 heteroatoms. The first-order chi connectivity index (χ1) is 5.74. The van der Waals surface area contributed by atoms with E-state index in [1.54, 1.807) is 0 Å². The van der Waals surface area contributed by atoms with E-state index in [4.69, 9.17) is 9.68 Å². The lowest BCUT2D eigenvalue weighted by molar-refractivity contribution is 0.454. The molecule has 0 saturated heterocycles. The van der Waals surface area contributed by atoms with E-state index < -0.39 is 0 Å². The standard InChI is InChI=1S/C8H12BNO2/c1-10(2)7-3-5-8(6-4-7)12-9-11/h3-6,9,11H,1-2H3. The lowest BCUT2D eigenvalue weighted by atomic mass is 10.3. The number of hydrogen-bond acceptors (Lipinski definition) is 3. The van der Waals surface area contributed by atoms with Gasteiger partial charge < -0.3 is 14.6 Å². The van der Waals surface area contributed by atoms with Crippen LogP contribution in [0.4, 0.5) is 5.69 Å². The van der Waals surface area contributed by atoms with Gasteiger partial charge in [0.2, 0.25) is 0 Å². The number of hydrogen-bond donors (Lipinski definition) is 1. The van der Waals surface area contributed by atoms with Crippen LogP contribution in [0.3, 0.4) is 0 Å². The van der Waals surface area contributed by atoms with Gasteiger partial charge in [-0.2, -0.15) is 0 Å². The molecule has 0 bridgehead atoms. The normalized spacial score (nSPS) is 9.25. The van der Waals surface area contributed by atoms with Crippen LogP contribution in [0, 0.1) is 0 Å². The largest absolute Gasteiger partial charge is 0.539 e. The van der Waals surface area contributed by atoms with E-state index in [1.807, 2.05) is 43.3 Å². The Morgan fingerprint density at radius 3 is 2.25 bits per heavy atom. The van der Waals surface area contributed by atoms with Gasteiger partial charge in [0, 0.05) is 19.8 Å². The summed E-state index contributed by atoms with van der Waals surface area (Å²) in [6.45, 7) is 0. The molecule has 0 aliphatic heterocycles. The zero-order chi connectivity index (χ0) is 8.97. The Hall–Kier alpha value is -1.16. The summed E-state index contributed by atoms with van der Waals surface area (Å²) in [6.07, 6.45) is 0. The molecule has 12 heavy (non-hydrogen) atoms. The van der Waals surface area contributed by atoms with Crippen LogP contribution in [-0.4, -0.2) is 26.8 Å². The van der Waals surface area contributed by atoms with Gasteiger partial charge in [-0.1, -0.05) is 0 Å². The van der Waals surface area contributed by atoms with Crippen LogP contribution >= 0.6 is 0 Å². The Morgan fingerprint density at radius 1 is 1.25 bits per heavy atom. The predicted molar refractivity (Wildman–Crippen MR) is 50.8 cm³/mol. The Balaban J connectivity index is 2.71. The van der Waals surface area contributed by atoms with Crippen molar-refractivity contribution in [3.05, 3.63) is 24.3 Å². The summed E-state index contributed by atoms with van der Waals surface area (Å²) < 4.78 is 4.88. The van der Waals surface area contributed by atoms with Gasteiger partial charge in [-0.15, -0.1) is 0 Å². The van der Waals surface area contributed by atoms with Crippen molar-refractivity contribution in [1.29, 1.82) is 0 Å². The molecular weight excluding hydrogens is 153 g/mol. The second-order valence-corrected chi connectivity index (χ2v) is 2.66. The van der Waals surface area contributed by atoms with Gasteiger partial charge in [-0.05, 0) is 24.3 Å². The topological polar surface area (TPSA) is 32.7 Å². The third-order valence-corrected chi connectivity index (χ3v) is 1.58. The molecule has 0 fully saturated rings. The van der Waals surface area contributed by atoms with Crippen molar-refractivity contribution >= 4 is 13.4 Å². The predicted octanol–water partition coefficient (Wildman–Crippen LogP) is 0.390. The summed E-state index contributed by atoms with van der Waals surface area (Å²) in [6, 6.07) is 7.52. The van der Waals surface area contributed by atoms with Gasteiger partial charge >= 0.3 is 7.69 Å². The van der Waals surface area contributed by atoms with Crippen molar-refractivity contribution in [3.8, 4) is 5.75 Å². The molecule has 0 spiro atoms. The molecule has 0 aromatic heterocycles. The summed E-state index contributed by atoms with van der Waals surface area (Å²) in [5.74, 6) is 0.683. The Kier molecular flexibility index (Phi) is 2.99. The van der Waals surface area contributed by atoms with Crippen LogP contribution in [-0.2, 0) is 0 Å². The molecule has 0 saturated carbocycles. The van der Waals surface area contributed by atoms with Gasteiger partial charge in [0.1, 0.15) is 5.75 Å². The van der Waals surface area contributed by atoms with Gasteiger partial charge in [0.05, 0.1) is 0 Å². The zero-order valence-electron chi connectivity index (χ0n) is 7.32. The molecule has 3 nitrogen and oxygen atoms in total. The van der Waals surface area contributed by atoms with Gasteiger partial charge in [-0.3, -0.25) is 0 Å². The van der Waals surface area contributed by atoms with Crippen molar-refractivity contribution in [2.75, 3.05) is 19.0 Å². The van der Waals surface area contributed by atoms with Crippen molar-refractivity contribution in [2.24, 2.45) is 0 Å². The lowest BCUT2D eigenvalue weighted by Gasteiger charge is -2.12. The zero-order valence-corrected chi connectivity index (χ0v) is 7.32. The van der Waals surface area contributed by atoms with Crippen molar-refractivity contribution < 1.29 is 9.68 Å². The summed E-state index contributed by atoms with van der Waals surface area (Å²) >= 11 is 0. The average molecular weight is 165 g/mol. The van der Waals surface area contributed by atoms with E-state index in [9.17, 15) is 0 Å². The van der Waals surface area contributed by atoms with Gasteiger partial charge in [-0.25, -0.2) is 0 Å². The number of benzene rings is 1. The number of nitrogens with zero attached hydrogens (tertiary/aromatic N) is 1. The maximum Gasteiger partial charge on any atom is 0.504 e. The smallest absolute Gasteiger partial charge is 0.504 e. The van der Waals surface area contributed by atoms with Gasteiger partial charge in [0.25, 0.3) is 0 Å². The molecule has 0 amide bonds. The monoisotopic (exact) mass is 165 g/mol. The highest BCUT2D eigenvalue weighted by Gasteiger charge is 1.95. The van der Waals surface area contributed by atoms with Crippen LogP contribution in [0.25, 0.3) is 0 Å². The molecule has 1 rings (SSSR count). The van der Waals surface area contributed by atoms with Crippen LogP contribution in [0.5, 0.6) is 5.75 Å². The van der Waals surface area contributed by atoms with E-state index in [0.29, 0.717) is 5.75 Å². The fourth-order valence-electron chi connectivity index (χ4n) is 0.915. The first kappa shape index (κ1) is 8.94. The third kappa shape index (κ3) is 2.17. The van der Waals surface area contributed by atoms with E-state index in [0.717, 1.165) is 5.69 Å². The van der Waals surface area contributed by atoms with E-state index in [1.165, 1.54) is 0 Å². The molecule has 0 heterocycles. The van der Waals surface area contributed by atoms with E-state index in [2.05, 4.69) is 0 Å². The molecule has 1 aromatic carbocycles. The summed E-state index contributed by atoms with van der Waals surface area (Å²) in [7, 11) is 3.67. The van der Waals surface area contributed by atoms with Gasteiger partial charge in [0.15, 0.2) is 0 Å². The molecule has 0 aliphatic carbocycles. The third-order valence-electron chi connectivity index (χ3n) is 1.58. The van der Waals surface area contributed by atoms with Crippen molar-refractivity contribution in [3.63, 3.8) is 0 Å². The second kappa shape index (κ2) is 4.02. The summed E-state index contributed by atoms with van der Waals surface area (Å²) in [4.78, 5) is 2.00. The Labute approximate surface area is 72.9 Å². The minimum atomic E-state index is -0.276. The highest BCUT2D eigenvalue weighted by Crippen LogP contribution is 2.16. The quantitative estimate of drug-likeness (QED) is 0.657. The molecule has 64 valence electrons. The summed E-state index contributed by atoms with van der Waals surface area (Å²) in [5, 5.41) is 8.47. The Bertz CT molecular complexity index is 235. The fourth-order valence-corrected chi connectivity index (χ4v) is 0.915. The first-order valence-corrected chi connectivity index (χ1v) is 3.75. The van der Waals surface area contributed by atoms with Crippen molar-refractivity contribution in [2.45, 2.75) is 0 Å². The van der Waals surface area contributed by atoms with Crippen LogP contribution < -0.4 is 9.55 Å². The Morgan fingerprint density at radius 2 is 1.83 bits per heavy atom. The fraction of sp³-hybridized carbons (Fsp3) is 0.250. The minimum absolute atomic E-state index is 0.276. The summed E-state index contributed by atoms with van der Waals surface area (Å²) in [5.41, 5.74) is 1.11. The first-order valence-electron chi connectivity index (χ1n) is 3.75. The SMILES string of the molecule is CN(C)c1ccc(OBO)cc1.